The van der Waals surface area contributed by atoms with E-state index in [0.29, 0.717) is 11.7 Å². The minimum absolute atomic E-state index is 0.103. The first-order valence-electron chi connectivity index (χ1n) is 7.73. The highest BCUT2D eigenvalue weighted by Gasteiger charge is 2.35. The van der Waals surface area contributed by atoms with Crippen LogP contribution in [-0.2, 0) is 14.6 Å². The summed E-state index contributed by atoms with van der Waals surface area (Å²) in [5.74, 6) is 0.267. The van der Waals surface area contributed by atoms with E-state index in [2.05, 4.69) is 9.88 Å². The maximum absolute atomic E-state index is 14.4. The van der Waals surface area contributed by atoms with Crippen molar-refractivity contribution in [3.8, 4) is 0 Å². The molecule has 0 spiro atoms. The maximum atomic E-state index is 14.4. The summed E-state index contributed by atoms with van der Waals surface area (Å²) in [5.41, 5.74) is 0.901. The molecule has 124 valence electrons. The van der Waals surface area contributed by atoms with Gasteiger partial charge in [-0.1, -0.05) is 30.5 Å². The van der Waals surface area contributed by atoms with E-state index in [1.807, 2.05) is 0 Å². The van der Waals surface area contributed by atoms with Crippen molar-refractivity contribution in [2.24, 2.45) is 0 Å². The van der Waals surface area contributed by atoms with Gasteiger partial charge in [0, 0.05) is 12.1 Å². The second-order valence-electron chi connectivity index (χ2n) is 5.98. The molecule has 23 heavy (non-hydrogen) atoms. The van der Waals surface area contributed by atoms with Gasteiger partial charge in [-0.2, -0.15) is 9.27 Å². The Bertz CT molecular complexity index is 741. The summed E-state index contributed by atoms with van der Waals surface area (Å²) < 4.78 is 44.1. The normalized spacial score (nSPS) is 18.6. The zero-order chi connectivity index (χ0) is 16.4. The van der Waals surface area contributed by atoms with E-state index in [-0.39, 0.29) is 10.7 Å². The minimum Gasteiger partial charge on any atom is -0.359 e. The van der Waals surface area contributed by atoms with E-state index in [1.54, 1.807) is 13.0 Å². The lowest BCUT2D eigenvalue weighted by molar-refractivity contribution is 0.400. The number of aryl methyl sites for hydroxylation is 1. The Morgan fingerprint density at radius 2 is 2.04 bits per heavy atom. The fourth-order valence-electron chi connectivity index (χ4n) is 3.04. The van der Waals surface area contributed by atoms with Gasteiger partial charge in [0.15, 0.2) is 5.82 Å². The van der Waals surface area contributed by atoms with E-state index in [1.165, 1.54) is 24.6 Å². The molecule has 2 N–H and O–H groups in total. The molecular formula is C16H20FN2O3S+. The summed E-state index contributed by atoms with van der Waals surface area (Å²) in [4.78, 5) is -0.266. The highest BCUT2D eigenvalue weighted by Crippen LogP contribution is 2.34. The second-order valence-corrected chi connectivity index (χ2v) is 7.67. The molecule has 1 fully saturated rings. The van der Waals surface area contributed by atoms with Crippen molar-refractivity contribution in [1.29, 1.82) is 0 Å². The van der Waals surface area contributed by atoms with Gasteiger partial charge in [-0.25, -0.2) is 4.39 Å². The molecule has 1 aliphatic carbocycles. The molecule has 0 aliphatic heterocycles. The molecule has 1 aromatic heterocycles. The van der Waals surface area contributed by atoms with E-state index in [9.17, 15) is 13.2 Å². The SMILES string of the molecule is Cc1cc(N[S+](=O)(O)c2ccc(C3CCCCC3)cc2F)no1. The number of aromatic nitrogens is 1. The molecule has 7 heteroatoms. The summed E-state index contributed by atoms with van der Waals surface area (Å²) in [5, 5.41) is 3.60. The standard InChI is InChI=1S/C16H19FN2O3S/c1-11-9-16(18-22-11)19-23(20,21)15-8-7-13(10-14(15)17)12-5-3-2-4-6-12/h7-10,12H,2-6H2,1H3,(H-,18,19,20,21)/p+1. The summed E-state index contributed by atoms with van der Waals surface area (Å²) in [6.07, 6.45) is 5.62. The van der Waals surface area contributed by atoms with Crippen LogP contribution in [0.25, 0.3) is 0 Å². The molecule has 0 bridgehead atoms. The molecule has 1 unspecified atom stereocenters. The van der Waals surface area contributed by atoms with Gasteiger partial charge >= 0.3 is 10.4 Å². The molecule has 0 saturated heterocycles. The number of rotatable bonds is 4. The molecule has 0 radical (unpaired) electrons. The van der Waals surface area contributed by atoms with E-state index >= 15 is 0 Å². The van der Waals surface area contributed by atoms with Gasteiger partial charge < -0.3 is 4.52 Å². The van der Waals surface area contributed by atoms with Crippen molar-refractivity contribution in [3.63, 3.8) is 0 Å². The predicted molar refractivity (Wildman–Crippen MR) is 86.0 cm³/mol. The van der Waals surface area contributed by atoms with Crippen LogP contribution in [0, 0.1) is 12.7 Å². The van der Waals surface area contributed by atoms with Gasteiger partial charge in [0.2, 0.25) is 5.82 Å². The van der Waals surface area contributed by atoms with Crippen LogP contribution in [0.3, 0.4) is 0 Å². The zero-order valence-corrected chi connectivity index (χ0v) is 13.7. The number of benzene rings is 1. The minimum atomic E-state index is -3.78. The van der Waals surface area contributed by atoms with Crippen molar-refractivity contribution in [3.05, 3.63) is 41.4 Å². The molecular weight excluding hydrogens is 319 g/mol. The Labute approximate surface area is 135 Å². The summed E-state index contributed by atoms with van der Waals surface area (Å²) >= 11 is 0. The van der Waals surface area contributed by atoms with Crippen LogP contribution in [0.4, 0.5) is 10.2 Å². The molecule has 1 atom stereocenters. The average molecular weight is 339 g/mol. The lowest BCUT2D eigenvalue weighted by Crippen LogP contribution is -2.22. The van der Waals surface area contributed by atoms with Gasteiger partial charge in [-0.05, 0) is 41.5 Å². The predicted octanol–water partition coefficient (Wildman–Crippen LogP) is 4.53. The first-order valence-corrected chi connectivity index (χ1v) is 9.24. The van der Waals surface area contributed by atoms with Gasteiger partial charge in [0.25, 0.3) is 4.90 Å². The first kappa shape index (κ1) is 16.1. The van der Waals surface area contributed by atoms with Crippen LogP contribution in [0.1, 0.15) is 49.3 Å². The monoisotopic (exact) mass is 339 g/mol. The van der Waals surface area contributed by atoms with Crippen LogP contribution in [0.2, 0.25) is 0 Å². The Balaban J connectivity index is 1.82. The number of hydrogen-bond acceptors (Lipinski definition) is 3. The third-order valence-corrected chi connectivity index (χ3v) is 5.61. The Kier molecular flexibility index (Phi) is 4.50. The topological polar surface area (TPSA) is 75.4 Å². The molecule has 1 aromatic carbocycles. The molecule has 1 aliphatic rings. The number of nitrogens with zero attached hydrogens (tertiary/aromatic N) is 1. The van der Waals surface area contributed by atoms with Crippen molar-refractivity contribution in [2.75, 3.05) is 4.72 Å². The molecule has 5 nitrogen and oxygen atoms in total. The lowest BCUT2D eigenvalue weighted by Gasteiger charge is -2.22. The van der Waals surface area contributed by atoms with Gasteiger partial charge in [0.05, 0.1) is 0 Å². The van der Waals surface area contributed by atoms with Gasteiger partial charge in [-0.15, -0.1) is 0 Å². The van der Waals surface area contributed by atoms with Crippen LogP contribution in [0.15, 0.2) is 33.7 Å². The molecule has 1 saturated carbocycles. The van der Waals surface area contributed by atoms with E-state index in [0.717, 1.165) is 31.2 Å². The van der Waals surface area contributed by atoms with E-state index < -0.39 is 16.2 Å². The van der Waals surface area contributed by atoms with Crippen molar-refractivity contribution < 1.29 is 17.7 Å². The number of anilines is 1. The quantitative estimate of drug-likeness (QED) is 0.803. The highest BCUT2D eigenvalue weighted by molar-refractivity contribution is 7.99. The van der Waals surface area contributed by atoms with E-state index in [4.69, 9.17) is 4.52 Å². The van der Waals surface area contributed by atoms with Crippen LogP contribution in [-0.4, -0.2) is 9.71 Å². The number of nitrogens with one attached hydrogen (secondary N) is 1. The van der Waals surface area contributed by atoms with Crippen LogP contribution < -0.4 is 4.72 Å². The Morgan fingerprint density at radius 3 is 2.65 bits per heavy atom. The third-order valence-electron chi connectivity index (χ3n) is 4.20. The Morgan fingerprint density at radius 1 is 1.30 bits per heavy atom. The van der Waals surface area contributed by atoms with Crippen LogP contribution >= 0.6 is 0 Å². The van der Waals surface area contributed by atoms with Gasteiger partial charge in [0.1, 0.15) is 5.76 Å². The summed E-state index contributed by atoms with van der Waals surface area (Å²) in [6, 6.07) is 6.00. The smallest absolute Gasteiger partial charge is 0.350 e. The molecule has 2 aromatic rings. The molecule has 3 rings (SSSR count). The third kappa shape index (κ3) is 3.61. The first-order chi connectivity index (χ1) is 11.0. The summed E-state index contributed by atoms with van der Waals surface area (Å²) in [7, 11) is -3.78. The maximum Gasteiger partial charge on any atom is 0.350 e. The largest absolute Gasteiger partial charge is 0.359 e. The van der Waals surface area contributed by atoms with Crippen LogP contribution in [0.5, 0.6) is 0 Å². The lowest BCUT2D eigenvalue weighted by atomic mass is 9.84. The second kappa shape index (κ2) is 6.41. The molecule has 0 amide bonds. The Hall–Kier alpha value is -1.73. The number of halogens is 1. The summed E-state index contributed by atoms with van der Waals surface area (Å²) in [6.45, 7) is 1.66. The van der Waals surface area contributed by atoms with Crippen molar-refractivity contribution >= 4 is 16.2 Å². The van der Waals surface area contributed by atoms with Gasteiger partial charge in [-0.3, -0.25) is 0 Å². The fraction of sp³-hybridized carbons (Fsp3) is 0.438. The molecule has 1 heterocycles. The zero-order valence-electron chi connectivity index (χ0n) is 12.9. The highest BCUT2D eigenvalue weighted by atomic mass is 32.3. The average Bonchev–Trinajstić information content (AvgIpc) is 2.92. The number of hydrogen-bond donors (Lipinski definition) is 2. The fourth-order valence-corrected chi connectivity index (χ4v) is 4.11. The van der Waals surface area contributed by atoms with Crippen molar-refractivity contribution in [2.45, 2.75) is 49.8 Å². The van der Waals surface area contributed by atoms with Crippen molar-refractivity contribution in [1.82, 2.24) is 5.16 Å².